The van der Waals surface area contributed by atoms with Crippen molar-refractivity contribution < 1.29 is 19.6 Å². The normalized spacial score (nSPS) is 24.4. The van der Waals surface area contributed by atoms with Gasteiger partial charge in [0.2, 0.25) is 0 Å². The van der Waals surface area contributed by atoms with Crippen LogP contribution in [-0.2, 0) is 19.6 Å². The second kappa shape index (κ2) is 13.8. The summed E-state index contributed by atoms with van der Waals surface area (Å²) in [7, 11) is 0. The van der Waals surface area contributed by atoms with Crippen LogP contribution in [0.25, 0.3) is 0 Å². The van der Waals surface area contributed by atoms with Gasteiger partial charge in [-0.3, -0.25) is 0 Å². The van der Waals surface area contributed by atoms with Crippen molar-refractivity contribution in [1.82, 2.24) is 0 Å². The summed E-state index contributed by atoms with van der Waals surface area (Å²) in [6.07, 6.45) is 12.8. The van der Waals surface area contributed by atoms with Crippen LogP contribution in [-0.4, -0.2) is 26.4 Å². The van der Waals surface area contributed by atoms with Crippen LogP contribution in [0.1, 0.15) is 71.1 Å². The highest BCUT2D eigenvalue weighted by Gasteiger charge is 2.04. The second-order valence-corrected chi connectivity index (χ2v) is 5.85. The summed E-state index contributed by atoms with van der Waals surface area (Å²) in [5.41, 5.74) is 0. The van der Waals surface area contributed by atoms with Crippen LogP contribution in [0.4, 0.5) is 0 Å². The first-order valence-corrected chi connectivity index (χ1v) is 8.38. The Labute approximate surface area is 124 Å². The lowest BCUT2D eigenvalue weighted by Gasteiger charge is -2.11. The van der Waals surface area contributed by atoms with Crippen molar-refractivity contribution in [2.45, 2.75) is 71.1 Å². The molecule has 0 aromatic rings. The van der Waals surface area contributed by atoms with Crippen LogP contribution in [0, 0.1) is 5.92 Å². The van der Waals surface area contributed by atoms with E-state index in [4.69, 9.17) is 19.6 Å². The molecule has 0 aromatic heterocycles. The fourth-order valence-corrected chi connectivity index (χ4v) is 2.23. The average Bonchev–Trinajstić information content (AvgIpc) is 2.45. The zero-order chi connectivity index (χ0) is 14.3. The van der Waals surface area contributed by atoms with Gasteiger partial charge in [0.15, 0.2) is 0 Å². The van der Waals surface area contributed by atoms with Gasteiger partial charge < -0.3 is 0 Å². The lowest BCUT2D eigenvalue weighted by atomic mass is 10.1. The van der Waals surface area contributed by atoms with Gasteiger partial charge in [0.05, 0.1) is 26.4 Å². The van der Waals surface area contributed by atoms with E-state index in [1.165, 1.54) is 51.4 Å². The molecule has 1 aliphatic rings. The van der Waals surface area contributed by atoms with Gasteiger partial charge in [-0.05, 0) is 12.8 Å². The van der Waals surface area contributed by atoms with Crippen molar-refractivity contribution in [3.8, 4) is 0 Å². The third-order valence-corrected chi connectivity index (χ3v) is 3.58. The number of rotatable bonds is 0. The molecule has 1 rings (SSSR count). The minimum Gasteiger partial charge on any atom is -0.237 e. The molecule has 0 unspecified atom stereocenters. The van der Waals surface area contributed by atoms with E-state index in [-0.39, 0.29) is 5.92 Å². The third-order valence-electron chi connectivity index (χ3n) is 3.58. The van der Waals surface area contributed by atoms with Crippen molar-refractivity contribution in [1.29, 1.82) is 0 Å². The predicted molar refractivity (Wildman–Crippen MR) is 79.1 cm³/mol. The Morgan fingerprint density at radius 1 is 0.500 bits per heavy atom. The molecule has 0 spiro atoms. The molecule has 120 valence electrons. The van der Waals surface area contributed by atoms with Gasteiger partial charge in [-0.25, -0.2) is 19.6 Å². The van der Waals surface area contributed by atoms with E-state index >= 15 is 0 Å². The summed E-state index contributed by atoms with van der Waals surface area (Å²) in [5.74, 6) is 0.289. The molecule has 0 radical (unpaired) electrons. The van der Waals surface area contributed by atoms with Gasteiger partial charge in [0.1, 0.15) is 0 Å². The zero-order valence-electron chi connectivity index (χ0n) is 13.1. The van der Waals surface area contributed by atoms with Crippen molar-refractivity contribution in [2.24, 2.45) is 5.92 Å². The van der Waals surface area contributed by atoms with Gasteiger partial charge >= 0.3 is 0 Å². The molecule has 4 heteroatoms. The van der Waals surface area contributed by atoms with E-state index in [1.807, 2.05) is 0 Å². The highest BCUT2D eigenvalue weighted by molar-refractivity contribution is 4.48. The first kappa shape index (κ1) is 17.9. The Bertz CT molecular complexity index is 179. The second-order valence-electron chi connectivity index (χ2n) is 5.85. The largest absolute Gasteiger partial charge is 0.237 e. The molecule has 0 N–H and O–H groups in total. The van der Waals surface area contributed by atoms with Gasteiger partial charge in [0.25, 0.3) is 0 Å². The lowest BCUT2D eigenvalue weighted by Crippen LogP contribution is -2.14. The van der Waals surface area contributed by atoms with Crippen molar-refractivity contribution in [2.75, 3.05) is 26.4 Å². The fraction of sp³-hybridized carbons (Fsp3) is 1.00. The Kier molecular flexibility index (Phi) is 12.3. The van der Waals surface area contributed by atoms with Crippen molar-refractivity contribution in [3.05, 3.63) is 0 Å². The van der Waals surface area contributed by atoms with Crippen LogP contribution in [0.5, 0.6) is 0 Å². The molecule has 0 aromatic carbocycles. The van der Waals surface area contributed by atoms with Crippen LogP contribution < -0.4 is 0 Å². The molecule has 4 nitrogen and oxygen atoms in total. The maximum absolute atomic E-state index is 5.18. The van der Waals surface area contributed by atoms with Gasteiger partial charge in [-0.1, -0.05) is 58.3 Å². The maximum atomic E-state index is 5.18. The Hall–Kier alpha value is -0.160. The molecule has 0 bridgehead atoms. The zero-order valence-corrected chi connectivity index (χ0v) is 13.1. The average molecular weight is 288 g/mol. The SMILES string of the molecule is CC1COOCCCCCCCCCCCCOOC1. The summed E-state index contributed by atoms with van der Waals surface area (Å²) in [4.78, 5) is 20.7. The maximum Gasteiger partial charge on any atom is 0.0871 e. The number of hydrogen-bond donors (Lipinski definition) is 0. The van der Waals surface area contributed by atoms with E-state index in [0.29, 0.717) is 26.4 Å². The van der Waals surface area contributed by atoms with E-state index in [9.17, 15) is 0 Å². The first-order chi connectivity index (χ1) is 9.89. The van der Waals surface area contributed by atoms with Gasteiger partial charge in [-0.2, -0.15) is 0 Å². The van der Waals surface area contributed by atoms with Crippen molar-refractivity contribution >= 4 is 0 Å². The highest BCUT2D eigenvalue weighted by Crippen LogP contribution is 2.11. The Morgan fingerprint density at radius 2 is 0.850 bits per heavy atom. The number of hydrogen-bond acceptors (Lipinski definition) is 4. The quantitative estimate of drug-likeness (QED) is 0.618. The van der Waals surface area contributed by atoms with Crippen LogP contribution in [0.3, 0.4) is 0 Å². The third kappa shape index (κ3) is 11.6. The van der Waals surface area contributed by atoms with E-state index < -0.39 is 0 Å². The molecule has 0 atom stereocenters. The molecule has 0 amide bonds. The van der Waals surface area contributed by atoms with Crippen LogP contribution >= 0.6 is 0 Å². The van der Waals surface area contributed by atoms with E-state index in [0.717, 1.165) is 12.8 Å². The fourth-order valence-electron chi connectivity index (χ4n) is 2.23. The van der Waals surface area contributed by atoms with Gasteiger partial charge in [0, 0.05) is 5.92 Å². The van der Waals surface area contributed by atoms with Gasteiger partial charge in [-0.15, -0.1) is 0 Å². The monoisotopic (exact) mass is 288 g/mol. The lowest BCUT2D eigenvalue weighted by molar-refractivity contribution is -0.325. The molecular formula is C16H32O4. The summed E-state index contributed by atoms with van der Waals surface area (Å²) in [6, 6.07) is 0. The van der Waals surface area contributed by atoms with Crippen molar-refractivity contribution in [3.63, 3.8) is 0 Å². The highest BCUT2D eigenvalue weighted by atomic mass is 17.2. The predicted octanol–water partition coefficient (Wildman–Crippen LogP) is 4.43. The Balaban J connectivity index is 2.09. The molecule has 20 heavy (non-hydrogen) atoms. The minimum absolute atomic E-state index is 0.289. The summed E-state index contributed by atoms with van der Waals surface area (Å²) in [6.45, 7) is 4.58. The Morgan fingerprint density at radius 3 is 1.25 bits per heavy atom. The summed E-state index contributed by atoms with van der Waals surface area (Å²) >= 11 is 0. The molecule has 1 fully saturated rings. The molecule has 0 saturated carbocycles. The van der Waals surface area contributed by atoms with Crippen LogP contribution in [0.15, 0.2) is 0 Å². The topological polar surface area (TPSA) is 36.9 Å². The molecule has 1 heterocycles. The first-order valence-electron chi connectivity index (χ1n) is 8.38. The minimum atomic E-state index is 0.289. The van der Waals surface area contributed by atoms with E-state index in [2.05, 4.69) is 6.92 Å². The molecule has 0 aliphatic carbocycles. The summed E-state index contributed by atoms with van der Waals surface area (Å²) in [5, 5.41) is 0. The summed E-state index contributed by atoms with van der Waals surface area (Å²) < 4.78 is 0. The molecular weight excluding hydrogens is 256 g/mol. The van der Waals surface area contributed by atoms with Crippen LogP contribution in [0.2, 0.25) is 0 Å². The molecule has 1 aliphatic heterocycles. The van der Waals surface area contributed by atoms with E-state index in [1.54, 1.807) is 0 Å². The standard InChI is InChI=1S/C16H32O4/c1-16-14-19-17-12-10-8-6-4-2-3-5-7-9-11-13-18-20-15-16/h16H,2-15H2,1H3. The smallest absolute Gasteiger partial charge is 0.0871 e. The molecule has 1 saturated heterocycles.